The first kappa shape index (κ1) is 13.1. The third kappa shape index (κ3) is 2.19. The molecule has 6 nitrogen and oxygen atoms in total. The van der Waals surface area contributed by atoms with Crippen LogP contribution in [0.5, 0.6) is 5.75 Å². The predicted molar refractivity (Wildman–Crippen MR) is 73.4 cm³/mol. The first-order valence-electron chi connectivity index (χ1n) is 6.16. The molecule has 1 saturated heterocycles. The Hall–Kier alpha value is -1.86. The van der Waals surface area contributed by atoms with E-state index in [0.717, 1.165) is 16.9 Å². The standard InChI is InChI=1S/C13H13NO5S/c1-18-9-3-6(4-10-11(9)19-13(17)20-10)8-2-7(5-14-8)12(15)16/h3-4,7-8,14H,2,5H2,1H3,(H,15,16). The number of carbonyl (C=O) groups is 1. The number of hydrogen-bond acceptors (Lipinski definition) is 6. The van der Waals surface area contributed by atoms with Crippen LogP contribution >= 0.6 is 11.3 Å². The maximum Gasteiger partial charge on any atom is 0.396 e. The fraction of sp³-hybridized carbons (Fsp3) is 0.385. The molecule has 2 aromatic rings. The minimum Gasteiger partial charge on any atom is -0.493 e. The van der Waals surface area contributed by atoms with Crippen LogP contribution in [0.4, 0.5) is 0 Å². The molecule has 0 radical (unpaired) electrons. The lowest BCUT2D eigenvalue weighted by Crippen LogP contribution is -2.17. The SMILES string of the molecule is COc1cc(C2CC(C(=O)O)CN2)cc2sc(=O)oc12. The average Bonchev–Trinajstić information content (AvgIpc) is 3.02. The summed E-state index contributed by atoms with van der Waals surface area (Å²) in [5, 5.41) is 12.2. The van der Waals surface area contributed by atoms with Crippen molar-refractivity contribution in [1.29, 1.82) is 0 Å². The Bertz CT molecular complexity index is 719. The Balaban J connectivity index is 2.00. The molecule has 0 aliphatic carbocycles. The van der Waals surface area contributed by atoms with Gasteiger partial charge in [-0.3, -0.25) is 4.79 Å². The van der Waals surface area contributed by atoms with Gasteiger partial charge >= 0.3 is 10.9 Å². The molecule has 2 N–H and O–H groups in total. The topological polar surface area (TPSA) is 88.8 Å². The molecule has 1 aliphatic rings. The molecule has 1 aromatic carbocycles. The van der Waals surface area contributed by atoms with E-state index in [1.165, 1.54) is 7.11 Å². The minimum absolute atomic E-state index is 0.0494. The van der Waals surface area contributed by atoms with Crippen molar-refractivity contribution in [1.82, 2.24) is 5.32 Å². The van der Waals surface area contributed by atoms with Gasteiger partial charge in [-0.1, -0.05) is 11.3 Å². The Morgan fingerprint density at radius 2 is 2.35 bits per heavy atom. The van der Waals surface area contributed by atoms with E-state index in [4.69, 9.17) is 14.3 Å². The van der Waals surface area contributed by atoms with Crippen molar-refractivity contribution in [3.8, 4) is 5.75 Å². The van der Waals surface area contributed by atoms with Crippen molar-refractivity contribution < 1.29 is 19.1 Å². The van der Waals surface area contributed by atoms with Crippen LogP contribution in [0.1, 0.15) is 18.0 Å². The second-order valence-corrected chi connectivity index (χ2v) is 5.71. The highest BCUT2D eigenvalue weighted by Gasteiger charge is 2.30. The lowest BCUT2D eigenvalue weighted by Gasteiger charge is -2.12. The maximum absolute atomic E-state index is 11.3. The Kier molecular flexibility index (Phi) is 3.23. The number of carboxylic acids is 1. The summed E-state index contributed by atoms with van der Waals surface area (Å²) in [6.45, 7) is 0.446. The number of methoxy groups -OCH3 is 1. The molecule has 0 spiro atoms. The van der Waals surface area contributed by atoms with E-state index in [2.05, 4.69) is 5.32 Å². The van der Waals surface area contributed by atoms with Gasteiger partial charge in [0.25, 0.3) is 0 Å². The number of ether oxygens (including phenoxy) is 1. The molecule has 1 aromatic heterocycles. The number of hydrogen-bond donors (Lipinski definition) is 2. The molecular formula is C13H13NO5S. The van der Waals surface area contributed by atoms with Crippen molar-refractivity contribution in [2.45, 2.75) is 12.5 Å². The molecule has 2 unspecified atom stereocenters. The van der Waals surface area contributed by atoms with Gasteiger partial charge in [-0.25, -0.2) is 4.79 Å². The number of fused-ring (bicyclic) bond motifs is 1. The summed E-state index contributed by atoms with van der Waals surface area (Å²) >= 11 is 1.02. The van der Waals surface area contributed by atoms with Crippen molar-refractivity contribution in [3.05, 3.63) is 27.4 Å². The zero-order chi connectivity index (χ0) is 14.3. The van der Waals surface area contributed by atoms with Gasteiger partial charge in [0.05, 0.1) is 17.7 Å². The van der Waals surface area contributed by atoms with Crippen LogP contribution in [0.3, 0.4) is 0 Å². The number of aliphatic carboxylic acids is 1. The number of carboxylic acid groups (broad SMARTS) is 1. The van der Waals surface area contributed by atoms with E-state index in [1.54, 1.807) is 6.07 Å². The fourth-order valence-corrected chi connectivity index (χ4v) is 3.23. The smallest absolute Gasteiger partial charge is 0.396 e. The molecular weight excluding hydrogens is 282 g/mol. The molecule has 2 heterocycles. The predicted octanol–water partition coefficient (Wildman–Crippen LogP) is 1.60. The molecule has 2 atom stereocenters. The van der Waals surface area contributed by atoms with Crippen LogP contribution in [-0.2, 0) is 4.79 Å². The molecule has 0 bridgehead atoms. The van der Waals surface area contributed by atoms with Crippen molar-refractivity contribution >= 4 is 27.6 Å². The number of nitrogens with one attached hydrogen (secondary N) is 1. The van der Waals surface area contributed by atoms with Crippen molar-refractivity contribution in [2.75, 3.05) is 13.7 Å². The van der Waals surface area contributed by atoms with Crippen LogP contribution in [0.2, 0.25) is 0 Å². The van der Waals surface area contributed by atoms with Gasteiger partial charge in [0.15, 0.2) is 11.3 Å². The van der Waals surface area contributed by atoms with Crippen LogP contribution in [0, 0.1) is 5.92 Å². The van der Waals surface area contributed by atoms with Crippen molar-refractivity contribution in [3.63, 3.8) is 0 Å². The molecule has 1 fully saturated rings. The summed E-state index contributed by atoms with van der Waals surface area (Å²) in [7, 11) is 1.51. The second kappa shape index (κ2) is 4.92. The highest BCUT2D eigenvalue weighted by atomic mass is 32.1. The Morgan fingerprint density at radius 3 is 3.00 bits per heavy atom. The average molecular weight is 295 g/mol. The van der Waals surface area contributed by atoms with Gasteiger partial charge in [-0.05, 0) is 24.1 Å². The summed E-state index contributed by atoms with van der Waals surface area (Å²) < 4.78 is 11.0. The van der Waals surface area contributed by atoms with Crippen molar-refractivity contribution in [2.24, 2.45) is 5.92 Å². The molecule has 106 valence electrons. The highest BCUT2D eigenvalue weighted by Crippen LogP contribution is 2.35. The largest absolute Gasteiger partial charge is 0.493 e. The molecule has 1 aliphatic heterocycles. The van der Waals surface area contributed by atoms with E-state index in [-0.39, 0.29) is 16.9 Å². The normalized spacial score (nSPS) is 22.2. The number of rotatable bonds is 3. The summed E-state index contributed by atoms with van der Waals surface area (Å²) in [5.41, 5.74) is 1.36. The minimum atomic E-state index is -0.791. The van der Waals surface area contributed by atoms with Crippen LogP contribution in [-0.4, -0.2) is 24.7 Å². The lowest BCUT2D eigenvalue weighted by molar-refractivity contribution is -0.141. The van der Waals surface area contributed by atoms with E-state index in [9.17, 15) is 9.59 Å². The molecule has 0 amide bonds. The third-order valence-corrected chi connectivity index (χ3v) is 4.30. The monoisotopic (exact) mass is 295 g/mol. The third-order valence-electron chi connectivity index (χ3n) is 3.52. The molecule has 3 rings (SSSR count). The van der Waals surface area contributed by atoms with E-state index < -0.39 is 5.97 Å². The Labute approximate surface area is 118 Å². The van der Waals surface area contributed by atoms with Gasteiger partial charge in [-0.2, -0.15) is 0 Å². The molecule has 7 heteroatoms. The van der Waals surface area contributed by atoms with E-state index in [1.807, 2.05) is 6.07 Å². The van der Waals surface area contributed by atoms with Gasteiger partial charge in [0, 0.05) is 12.6 Å². The second-order valence-electron chi connectivity index (χ2n) is 4.74. The first-order chi connectivity index (χ1) is 9.58. The summed E-state index contributed by atoms with van der Waals surface area (Å²) in [4.78, 5) is 22.0. The Morgan fingerprint density at radius 1 is 1.55 bits per heavy atom. The highest BCUT2D eigenvalue weighted by molar-refractivity contribution is 7.16. The van der Waals surface area contributed by atoms with Crippen LogP contribution < -0.4 is 15.0 Å². The molecule has 20 heavy (non-hydrogen) atoms. The fourth-order valence-electron chi connectivity index (χ4n) is 2.50. The summed E-state index contributed by atoms with van der Waals surface area (Å²) in [6, 6.07) is 3.60. The van der Waals surface area contributed by atoms with Gasteiger partial charge in [0.1, 0.15) is 0 Å². The quantitative estimate of drug-likeness (QED) is 0.894. The maximum atomic E-state index is 11.3. The molecule has 0 saturated carbocycles. The van der Waals surface area contributed by atoms with Crippen LogP contribution in [0.15, 0.2) is 21.3 Å². The van der Waals surface area contributed by atoms with Gasteiger partial charge in [-0.15, -0.1) is 0 Å². The zero-order valence-corrected chi connectivity index (χ0v) is 11.5. The van der Waals surface area contributed by atoms with E-state index >= 15 is 0 Å². The zero-order valence-electron chi connectivity index (χ0n) is 10.7. The van der Waals surface area contributed by atoms with Gasteiger partial charge in [0.2, 0.25) is 0 Å². The van der Waals surface area contributed by atoms with E-state index in [0.29, 0.717) is 29.0 Å². The summed E-state index contributed by atoms with van der Waals surface area (Å²) in [6.07, 6.45) is 0.525. The first-order valence-corrected chi connectivity index (χ1v) is 6.98. The lowest BCUT2D eigenvalue weighted by atomic mass is 10.00. The summed E-state index contributed by atoms with van der Waals surface area (Å²) in [5.74, 6) is -0.678. The van der Waals surface area contributed by atoms with Gasteiger partial charge < -0.3 is 19.6 Å². The van der Waals surface area contributed by atoms with Crippen LogP contribution in [0.25, 0.3) is 10.3 Å². The number of benzene rings is 1.